The van der Waals surface area contributed by atoms with Crippen LogP contribution in [0.1, 0.15) is 36.3 Å². The molecule has 0 saturated heterocycles. The Balaban J connectivity index is 2.47. The predicted octanol–water partition coefficient (Wildman–Crippen LogP) is 2.93. The van der Waals surface area contributed by atoms with Crippen LogP contribution < -0.4 is 11.3 Å². The summed E-state index contributed by atoms with van der Waals surface area (Å²) in [6.45, 7) is 0. The number of anilines is 1. The van der Waals surface area contributed by atoms with Gasteiger partial charge in [0.2, 0.25) is 0 Å². The van der Waals surface area contributed by atoms with E-state index in [1.54, 1.807) is 0 Å². The van der Waals surface area contributed by atoms with Gasteiger partial charge in [-0.15, -0.1) is 0 Å². The van der Waals surface area contributed by atoms with Crippen LogP contribution in [0, 0.1) is 5.82 Å². The molecule has 0 aliphatic heterocycles. The van der Waals surface area contributed by atoms with Crippen molar-refractivity contribution in [2.45, 2.75) is 25.2 Å². The van der Waals surface area contributed by atoms with Gasteiger partial charge < -0.3 is 5.43 Å². The molecular formula is C10H11F3N2. The zero-order valence-electron chi connectivity index (χ0n) is 7.93. The average molecular weight is 216 g/mol. The molecule has 0 radical (unpaired) electrons. The van der Waals surface area contributed by atoms with Crippen molar-refractivity contribution in [1.29, 1.82) is 0 Å². The normalized spacial score (nSPS) is 15.8. The molecule has 0 atom stereocenters. The lowest BCUT2D eigenvalue weighted by atomic mass is 10.0. The number of hydrogen-bond donors (Lipinski definition) is 2. The van der Waals surface area contributed by atoms with Gasteiger partial charge in [-0.1, -0.05) is 0 Å². The highest BCUT2D eigenvalue weighted by molar-refractivity contribution is 5.54. The average Bonchev–Trinajstić information content (AvgIpc) is 2.99. The van der Waals surface area contributed by atoms with Crippen molar-refractivity contribution in [2.24, 2.45) is 5.84 Å². The SMILES string of the molecule is NNc1c(F)cc(C2CC2)cc1C(F)F. The molecule has 1 saturated carbocycles. The third kappa shape index (κ3) is 1.92. The molecule has 0 amide bonds. The monoisotopic (exact) mass is 216 g/mol. The van der Waals surface area contributed by atoms with Gasteiger partial charge in [-0.2, -0.15) is 0 Å². The molecule has 0 spiro atoms. The number of rotatable bonds is 3. The number of nitrogen functional groups attached to an aromatic ring is 1. The number of hydrazine groups is 1. The highest BCUT2D eigenvalue weighted by atomic mass is 19.3. The van der Waals surface area contributed by atoms with E-state index in [2.05, 4.69) is 0 Å². The molecule has 1 aromatic carbocycles. The molecule has 0 heterocycles. The molecule has 3 N–H and O–H groups in total. The molecular weight excluding hydrogens is 205 g/mol. The molecule has 1 aliphatic carbocycles. The van der Waals surface area contributed by atoms with Gasteiger partial charge in [-0.3, -0.25) is 5.84 Å². The minimum atomic E-state index is -2.72. The third-order valence-electron chi connectivity index (χ3n) is 2.57. The zero-order chi connectivity index (χ0) is 11.0. The summed E-state index contributed by atoms with van der Waals surface area (Å²) in [6.07, 6.45) is -0.834. The fourth-order valence-corrected chi connectivity index (χ4v) is 1.63. The largest absolute Gasteiger partial charge is 0.321 e. The van der Waals surface area contributed by atoms with Gasteiger partial charge in [-0.25, -0.2) is 13.2 Å². The van der Waals surface area contributed by atoms with E-state index in [-0.39, 0.29) is 17.2 Å². The lowest BCUT2D eigenvalue weighted by Gasteiger charge is -2.11. The van der Waals surface area contributed by atoms with Crippen molar-refractivity contribution in [3.05, 3.63) is 29.1 Å². The van der Waals surface area contributed by atoms with Crippen LogP contribution in [-0.2, 0) is 0 Å². The van der Waals surface area contributed by atoms with E-state index in [9.17, 15) is 13.2 Å². The van der Waals surface area contributed by atoms with Crippen LogP contribution in [0.4, 0.5) is 18.9 Å². The summed E-state index contributed by atoms with van der Waals surface area (Å²) >= 11 is 0. The Morgan fingerprint density at radius 1 is 1.33 bits per heavy atom. The number of nitrogens with one attached hydrogen (secondary N) is 1. The summed E-state index contributed by atoms with van der Waals surface area (Å²) in [5.74, 6) is 4.54. The number of alkyl halides is 2. The molecule has 0 bridgehead atoms. The van der Waals surface area contributed by atoms with Gasteiger partial charge in [0.05, 0.1) is 5.69 Å². The van der Waals surface area contributed by atoms with Crippen LogP contribution in [-0.4, -0.2) is 0 Å². The predicted molar refractivity (Wildman–Crippen MR) is 51.1 cm³/mol. The van der Waals surface area contributed by atoms with Gasteiger partial charge in [0.15, 0.2) is 0 Å². The highest BCUT2D eigenvalue weighted by Crippen LogP contribution is 2.43. The van der Waals surface area contributed by atoms with Crippen molar-refractivity contribution in [2.75, 3.05) is 5.43 Å². The Morgan fingerprint density at radius 2 is 2.00 bits per heavy atom. The quantitative estimate of drug-likeness (QED) is 0.602. The standard InChI is InChI=1S/C10H11F3N2/c11-8-4-6(5-1-2-5)3-7(10(12)13)9(8)15-14/h3-5,10,15H,1-2,14H2. The first-order chi connectivity index (χ1) is 7.13. The minimum absolute atomic E-state index is 0.240. The lowest BCUT2D eigenvalue weighted by Crippen LogP contribution is -2.12. The number of nitrogens with two attached hydrogens (primary N) is 1. The van der Waals surface area contributed by atoms with Crippen LogP contribution in [0.2, 0.25) is 0 Å². The molecule has 0 unspecified atom stereocenters. The van der Waals surface area contributed by atoms with E-state index in [4.69, 9.17) is 5.84 Å². The summed E-state index contributed by atoms with van der Waals surface area (Å²) in [6, 6.07) is 2.61. The molecule has 0 aromatic heterocycles. The Labute approximate surface area is 85.2 Å². The molecule has 82 valence electrons. The molecule has 2 rings (SSSR count). The maximum atomic E-state index is 13.4. The van der Waals surface area contributed by atoms with E-state index in [0.29, 0.717) is 5.56 Å². The summed E-state index contributed by atoms with van der Waals surface area (Å²) in [7, 11) is 0. The van der Waals surface area contributed by atoms with Crippen molar-refractivity contribution in [1.82, 2.24) is 0 Å². The second kappa shape index (κ2) is 3.73. The fraction of sp³-hybridized carbons (Fsp3) is 0.400. The first-order valence-electron chi connectivity index (χ1n) is 4.71. The van der Waals surface area contributed by atoms with Crippen LogP contribution in [0.25, 0.3) is 0 Å². The number of halogens is 3. The maximum Gasteiger partial charge on any atom is 0.265 e. The molecule has 5 heteroatoms. The summed E-state index contributed by atoms with van der Waals surface area (Å²) in [5.41, 5.74) is 1.94. The lowest BCUT2D eigenvalue weighted by molar-refractivity contribution is 0.151. The smallest absolute Gasteiger partial charge is 0.265 e. The van der Waals surface area contributed by atoms with Gasteiger partial charge in [0.25, 0.3) is 6.43 Å². The second-order valence-corrected chi connectivity index (χ2v) is 3.69. The minimum Gasteiger partial charge on any atom is -0.321 e. The van der Waals surface area contributed by atoms with Crippen molar-refractivity contribution >= 4 is 5.69 Å². The topological polar surface area (TPSA) is 38.0 Å². The molecule has 1 fully saturated rings. The Bertz CT molecular complexity index is 375. The van der Waals surface area contributed by atoms with Crippen LogP contribution >= 0.6 is 0 Å². The van der Waals surface area contributed by atoms with Gasteiger partial charge >= 0.3 is 0 Å². The van der Waals surface area contributed by atoms with Crippen molar-refractivity contribution in [3.8, 4) is 0 Å². The molecule has 1 aromatic rings. The zero-order valence-corrected chi connectivity index (χ0v) is 7.93. The van der Waals surface area contributed by atoms with E-state index in [1.165, 1.54) is 12.1 Å². The van der Waals surface area contributed by atoms with Gasteiger partial charge in [0, 0.05) is 5.56 Å². The maximum absolute atomic E-state index is 13.4. The van der Waals surface area contributed by atoms with Crippen LogP contribution in [0.15, 0.2) is 12.1 Å². The Morgan fingerprint density at radius 3 is 2.47 bits per heavy atom. The van der Waals surface area contributed by atoms with E-state index < -0.39 is 12.2 Å². The van der Waals surface area contributed by atoms with Crippen LogP contribution in [0.3, 0.4) is 0 Å². The molecule has 2 nitrogen and oxygen atoms in total. The fourth-order valence-electron chi connectivity index (χ4n) is 1.63. The van der Waals surface area contributed by atoms with Crippen LogP contribution in [0.5, 0.6) is 0 Å². The number of benzene rings is 1. The Hall–Kier alpha value is -1.23. The highest BCUT2D eigenvalue weighted by Gasteiger charge is 2.27. The second-order valence-electron chi connectivity index (χ2n) is 3.69. The molecule has 15 heavy (non-hydrogen) atoms. The summed E-state index contributed by atoms with van der Waals surface area (Å²) in [4.78, 5) is 0. The van der Waals surface area contributed by atoms with E-state index in [0.717, 1.165) is 12.8 Å². The third-order valence-corrected chi connectivity index (χ3v) is 2.57. The van der Waals surface area contributed by atoms with E-state index >= 15 is 0 Å². The van der Waals surface area contributed by atoms with Crippen molar-refractivity contribution < 1.29 is 13.2 Å². The first kappa shape index (κ1) is 10.3. The first-order valence-corrected chi connectivity index (χ1v) is 4.71. The van der Waals surface area contributed by atoms with Gasteiger partial charge in [-0.05, 0) is 36.5 Å². The summed E-state index contributed by atoms with van der Waals surface area (Å²) in [5, 5.41) is 0. The van der Waals surface area contributed by atoms with Gasteiger partial charge in [0.1, 0.15) is 5.82 Å². The van der Waals surface area contributed by atoms with Crippen molar-refractivity contribution in [3.63, 3.8) is 0 Å². The number of hydrogen-bond acceptors (Lipinski definition) is 2. The van der Waals surface area contributed by atoms with E-state index in [1.807, 2.05) is 5.43 Å². The molecule has 1 aliphatic rings. The summed E-state index contributed by atoms with van der Waals surface area (Å²) < 4.78 is 38.6. The Kier molecular flexibility index (Phi) is 2.56.